The Bertz CT molecular complexity index is 481. The average Bonchev–Trinajstić information content (AvgIpc) is 2.49. The van der Waals surface area contributed by atoms with E-state index in [1.165, 1.54) is 11.1 Å². The van der Waals surface area contributed by atoms with Gasteiger partial charge in [0.05, 0.1) is 0 Å². The summed E-state index contributed by atoms with van der Waals surface area (Å²) in [4.78, 5) is 12.3. The summed E-state index contributed by atoms with van der Waals surface area (Å²) in [5.41, 5.74) is 2.60. The van der Waals surface area contributed by atoms with Crippen molar-refractivity contribution in [3.8, 4) is 0 Å². The van der Waals surface area contributed by atoms with Gasteiger partial charge in [-0.05, 0) is 48.4 Å². The highest BCUT2D eigenvalue weighted by atomic mass is 16.1. The number of hydrogen-bond donors (Lipinski definition) is 2. The van der Waals surface area contributed by atoms with Gasteiger partial charge in [-0.25, -0.2) is 0 Å². The molecule has 0 spiro atoms. The van der Waals surface area contributed by atoms with E-state index in [1.807, 2.05) is 0 Å². The van der Waals surface area contributed by atoms with Crippen LogP contribution in [-0.2, 0) is 4.79 Å². The van der Waals surface area contributed by atoms with Crippen LogP contribution in [0.3, 0.4) is 0 Å². The van der Waals surface area contributed by atoms with Gasteiger partial charge < -0.3 is 10.6 Å². The zero-order valence-corrected chi connectivity index (χ0v) is 14.4. The molecule has 2 N–H and O–H groups in total. The normalized spacial score (nSPS) is 23.3. The van der Waals surface area contributed by atoms with Crippen molar-refractivity contribution < 1.29 is 4.79 Å². The molecule has 3 heteroatoms. The molecular weight excluding hydrogens is 272 g/mol. The van der Waals surface area contributed by atoms with E-state index in [4.69, 9.17) is 0 Å². The van der Waals surface area contributed by atoms with E-state index in [-0.39, 0.29) is 11.8 Å². The summed E-state index contributed by atoms with van der Waals surface area (Å²) in [5.74, 6) is 1.50. The molecule has 22 heavy (non-hydrogen) atoms. The Morgan fingerprint density at radius 2 is 1.86 bits per heavy atom. The lowest BCUT2D eigenvalue weighted by Gasteiger charge is -2.30. The Balaban J connectivity index is 1.87. The summed E-state index contributed by atoms with van der Waals surface area (Å²) in [6.07, 6.45) is 1.60. The molecule has 0 radical (unpaired) electrons. The van der Waals surface area contributed by atoms with Crippen molar-refractivity contribution in [3.63, 3.8) is 0 Å². The van der Waals surface area contributed by atoms with E-state index in [0.29, 0.717) is 24.3 Å². The highest BCUT2D eigenvalue weighted by Gasteiger charge is 2.23. The van der Waals surface area contributed by atoms with Crippen LogP contribution in [0.2, 0.25) is 0 Å². The smallest absolute Gasteiger partial charge is 0.220 e. The molecule has 2 rings (SSSR count). The summed E-state index contributed by atoms with van der Waals surface area (Å²) >= 11 is 0. The van der Waals surface area contributed by atoms with E-state index >= 15 is 0 Å². The molecular formula is C19H30N2O. The monoisotopic (exact) mass is 302 g/mol. The van der Waals surface area contributed by atoms with Crippen LogP contribution in [0.25, 0.3) is 0 Å². The molecule has 0 saturated carbocycles. The van der Waals surface area contributed by atoms with Gasteiger partial charge in [-0.2, -0.15) is 0 Å². The number of piperidine rings is 1. The Kier molecular flexibility index (Phi) is 6.01. The maximum Gasteiger partial charge on any atom is 0.220 e. The molecule has 1 aliphatic rings. The van der Waals surface area contributed by atoms with Crippen molar-refractivity contribution in [1.29, 1.82) is 0 Å². The fourth-order valence-electron chi connectivity index (χ4n) is 3.10. The van der Waals surface area contributed by atoms with Crippen LogP contribution in [0, 0.1) is 5.92 Å². The van der Waals surface area contributed by atoms with Crippen molar-refractivity contribution in [2.75, 3.05) is 13.1 Å². The van der Waals surface area contributed by atoms with E-state index < -0.39 is 0 Å². The van der Waals surface area contributed by atoms with Gasteiger partial charge in [0, 0.05) is 12.5 Å². The van der Waals surface area contributed by atoms with Gasteiger partial charge in [0.2, 0.25) is 5.91 Å². The van der Waals surface area contributed by atoms with Crippen LogP contribution in [0.15, 0.2) is 24.3 Å². The topological polar surface area (TPSA) is 41.1 Å². The predicted octanol–water partition coefficient (Wildman–Crippen LogP) is 3.42. The molecule has 1 aliphatic heterocycles. The summed E-state index contributed by atoms with van der Waals surface area (Å²) in [7, 11) is 0. The van der Waals surface area contributed by atoms with Gasteiger partial charge in [-0.15, -0.1) is 0 Å². The van der Waals surface area contributed by atoms with Crippen molar-refractivity contribution in [2.24, 2.45) is 5.92 Å². The molecule has 0 bridgehead atoms. The van der Waals surface area contributed by atoms with Crippen molar-refractivity contribution >= 4 is 5.91 Å². The fourth-order valence-corrected chi connectivity index (χ4v) is 3.10. The van der Waals surface area contributed by atoms with Gasteiger partial charge in [-0.3, -0.25) is 4.79 Å². The molecule has 1 saturated heterocycles. The van der Waals surface area contributed by atoms with E-state index in [0.717, 1.165) is 19.5 Å². The third kappa shape index (κ3) is 4.57. The third-order valence-corrected chi connectivity index (χ3v) is 4.80. The third-order valence-electron chi connectivity index (χ3n) is 4.80. The first-order valence-corrected chi connectivity index (χ1v) is 8.57. The van der Waals surface area contributed by atoms with Crippen molar-refractivity contribution in [1.82, 2.24) is 10.6 Å². The van der Waals surface area contributed by atoms with E-state index in [1.54, 1.807) is 0 Å². The molecule has 3 nitrogen and oxygen atoms in total. The first kappa shape index (κ1) is 17.0. The number of carbonyl (C=O) groups is 1. The highest BCUT2D eigenvalue weighted by molar-refractivity contribution is 5.77. The molecule has 3 unspecified atom stereocenters. The number of hydrogen-bond acceptors (Lipinski definition) is 2. The number of rotatable bonds is 5. The number of amides is 1. The van der Waals surface area contributed by atoms with Crippen LogP contribution in [0.1, 0.15) is 63.5 Å². The molecule has 1 fully saturated rings. The van der Waals surface area contributed by atoms with Crippen LogP contribution < -0.4 is 10.6 Å². The standard InChI is InChI=1S/C19H30N2O/c1-13(2)16-5-7-17(8-6-16)14(3)11-19(22)21-18-9-10-20-12-15(18)4/h5-8,13-15,18,20H,9-12H2,1-4H3,(H,21,22). The minimum absolute atomic E-state index is 0.180. The van der Waals surface area contributed by atoms with Crippen LogP contribution >= 0.6 is 0 Å². The minimum atomic E-state index is 0.180. The lowest BCUT2D eigenvalue weighted by molar-refractivity contribution is -0.122. The second-order valence-electron chi connectivity index (χ2n) is 7.07. The molecule has 0 aromatic heterocycles. The Morgan fingerprint density at radius 3 is 2.45 bits per heavy atom. The first-order chi connectivity index (χ1) is 10.5. The van der Waals surface area contributed by atoms with Gasteiger partial charge in [0.15, 0.2) is 0 Å². The summed E-state index contributed by atoms with van der Waals surface area (Å²) < 4.78 is 0. The number of carbonyl (C=O) groups excluding carboxylic acids is 1. The summed E-state index contributed by atoms with van der Waals surface area (Å²) in [6.45, 7) is 10.7. The Morgan fingerprint density at radius 1 is 1.23 bits per heavy atom. The zero-order chi connectivity index (χ0) is 16.1. The highest BCUT2D eigenvalue weighted by Crippen LogP contribution is 2.22. The largest absolute Gasteiger partial charge is 0.353 e. The predicted molar refractivity (Wildman–Crippen MR) is 92.1 cm³/mol. The number of nitrogens with one attached hydrogen (secondary N) is 2. The first-order valence-electron chi connectivity index (χ1n) is 8.57. The van der Waals surface area contributed by atoms with Gasteiger partial charge in [-0.1, -0.05) is 52.0 Å². The van der Waals surface area contributed by atoms with Crippen molar-refractivity contribution in [3.05, 3.63) is 35.4 Å². The molecule has 3 atom stereocenters. The minimum Gasteiger partial charge on any atom is -0.353 e. The lowest BCUT2D eigenvalue weighted by Crippen LogP contribution is -2.48. The molecule has 1 amide bonds. The van der Waals surface area contributed by atoms with E-state index in [2.05, 4.69) is 62.6 Å². The maximum absolute atomic E-state index is 12.3. The SMILES string of the molecule is CC(C)c1ccc(C(C)CC(=O)NC2CCNCC2C)cc1. The molecule has 1 aromatic carbocycles. The molecule has 1 heterocycles. The molecule has 1 aromatic rings. The molecule has 122 valence electrons. The zero-order valence-electron chi connectivity index (χ0n) is 14.4. The summed E-state index contributed by atoms with van der Waals surface area (Å²) in [5, 5.41) is 6.59. The lowest BCUT2D eigenvalue weighted by atomic mass is 9.92. The van der Waals surface area contributed by atoms with Crippen molar-refractivity contribution in [2.45, 2.75) is 58.4 Å². The molecule has 0 aliphatic carbocycles. The van der Waals surface area contributed by atoms with Gasteiger partial charge in [0.1, 0.15) is 0 Å². The van der Waals surface area contributed by atoms with Gasteiger partial charge in [0.25, 0.3) is 0 Å². The van der Waals surface area contributed by atoms with E-state index in [9.17, 15) is 4.79 Å². The Hall–Kier alpha value is -1.35. The van der Waals surface area contributed by atoms with Crippen LogP contribution in [-0.4, -0.2) is 25.0 Å². The second-order valence-corrected chi connectivity index (χ2v) is 7.07. The Labute approximate surface area is 134 Å². The second kappa shape index (κ2) is 7.77. The summed E-state index contributed by atoms with van der Waals surface area (Å²) in [6, 6.07) is 9.03. The average molecular weight is 302 g/mol. The fraction of sp³-hybridized carbons (Fsp3) is 0.632. The van der Waals surface area contributed by atoms with Crippen LogP contribution in [0.5, 0.6) is 0 Å². The quantitative estimate of drug-likeness (QED) is 0.875. The maximum atomic E-state index is 12.3. The van der Waals surface area contributed by atoms with Gasteiger partial charge >= 0.3 is 0 Å². The number of benzene rings is 1. The van der Waals surface area contributed by atoms with Crippen LogP contribution in [0.4, 0.5) is 0 Å².